The first kappa shape index (κ1) is 14.3. The molecular weight excluding hydrogens is 250 g/mol. The summed E-state index contributed by atoms with van der Waals surface area (Å²) in [6.07, 6.45) is 2.03. The summed E-state index contributed by atoms with van der Waals surface area (Å²) in [5.74, 6) is 1.54. The first-order valence-corrected chi connectivity index (χ1v) is 6.94. The molecule has 0 unspecified atom stereocenters. The van der Waals surface area contributed by atoms with Crippen LogP contribution in [0.25, 0.3) is 11.3 Å². The monoisotopic (exact) mass is 271 g/mol. The maximum absolute atomic E-state index is 5.65. The summed E-state index contributed by atoms with van der Waals surface area (Å²) in [4.78, 5) is 8.82. The van der Waals surface area contributed by atoms with Crippen LogP contribution in [0.5, 0.6) is 5.75 Å². The van der Waals surface area contributed by atoms with Crippen LogP contribution in [-0.2, 0) is 0 Å². The number of rotatable bonds is 5. The smallest absolute Gasteiger partial charge is 0.223 e. The second kappa shape index (κ2) is 6.37. The lowest BCUT2D eigenvalue weighted by atomic mass is 10.1. The summed E-state index contributed by atoms with van der Waals surface area (Å²) in [5, 5.41) is 3.14. The number of anilines is 1. The van der Waals surface area contributed by atoms with Gasteiger partial charge in [0.2, 0.25) is 5.95 Å². The average molecular weight is 271 g/mol. The van der Waals surface area contributed by atoms with E-state index in [0.29, 0.717) is 5.95 Å². The van der Waals surface area contributed by atoms with Crippen molar-refractivity contribution in [3.63, 3.8) is 0 Å². The van der Waals surface area contributed by atoms with Crippen molar-refractivity contribution >= 4 is 5.95 Å². The Kier molecular flexibility index (Phi) is 4.56. The van der Waals surface area contributed by atoms with Gasteiger partial charge in [-0.25, -0.2) is 9.97 Å². The van der Waals surface area contributed by atoms with E-state index in [1.165, 1.54) is 0 Å². The van der Waals surface area contributed by atoms with E-state index in [9.17, 15) is 0 Å². The highest BCUT2D eigenvalue weighted by Crippen LogP contribution is 2.24. The molecule has 20 heavy (non-hydrogen) atoms. The van der Waals surface area contributed by atoms with Crippen molar-refractivity contribution in [3.05, 3.63) is 36.0 Å². The van der Waals surface area contributed by atoms with Gasteiger partial charge in [-0.2, -0.15) is 0 Å². The van der Waals surface area contributed by atoms with E-state index in [2.05, 4.69) is 15.3 Å². The largest absolute Gasteiger partial charge is 0.491 e. The highest BCUT2D eigenvalue weighted by molar-refractivity contribution is 5.64. The standard InChI is InChI=1S/C16H21N3O/c1-5-17-16-18-10-12(4)15(19-16)13-6-8-14(9-7-13)20-11(2)3/h6-11H,5H2,1-4H3,(H,17,18,19). The van der Waals surface area contributed by atoms with Crippen molar-refractivity contribution in [3.8, 4) is 17.0 Å². The fourth-order valence-electron chi connectivity index (χ4n) is 1.94. The van der Waals surface area contributed by atoms with E-state index in [-0.39, 0.29) is 6.10 Å². The average Bonchev–Trinajstić information content (AvgIpc) is 2.42. The molecule has 0 bridgehead atoms. The Bertz CT molecular complexity index is 564. The van der Waals surface area contributed by atoms with Crippen molar-refractivity contribution < 1.29 is 4.74 Å². The van der Waals surface area contributed by atoms with E-state index < -0.39 is 0 Å². The molecule has 1 N–H and O–H groups in total. The van der Waals surface area contributed by atoms with E-state index in [1.54, 1.807) is 0 Å². The molecule has 0 aliphatic heterocycles. The van der Waals surface area contributed by atoms with Crippen LogP contribution in [-0.4, -0.2) is 22.6 Å². The van der Waals surface area contributed by atoms with E-state index in [1.807, 2.05) is 58.2 Å². The van der Waals surface area contributed by atoms with Crippen LogP contribution in [0.4, 0.5) is 5.95 Å². The third kappa shape index (κ3) is 3.47. The molecule has 0 atom stereocenters. The van der Waals surface area contributed by atoms with Gasteiger partial charge < -0.3 is 10.1 Å². The van der Waals surface area contributed by atoms with Gasteiger partial charge in [0, 0.05) is 18.3 Å². The minimum Gasteiger partial charge on any atom is -0.491 e. The molecule has 0 radical (unpaired) electrons. The first-order chi connectivity index (χ1) is 9.60. The number of hydrogen-bond acceptors (Lipinski definition) is 4. The molecule has 0 amide bonds. The number of aryl methyl sites for hydroxylation is 1. The molecule has 0 saturated carbocycles. The lowest BCUT2D eigenvalue weighted by Crippen LogP contribution is -2.05. The lowest BCUT2D eigenvalue weighted by molar-refractivity contribution is 0.242. The fraction of sp³-hybridized carbons (Fsp3) is 0.375. The number of benzene rings is 1. The molecular formula is C16H21N3O. The van der Waals surface area contributed by atoms with Gasteiger partial charge in [0.05, 0.1) is 11.8 Å². The maximum Gasteiger partial charge on any atom is 0.223 e. The Balaban J connectivity index is 2.28. The zero-order valence-electron chi connectivity index (χ0n) is 12.5. The summed E-state index contributed by atoms with van der Waals surface area (Å²) in [5.41, 5.74) is 3.08. The van der Waals surface area contributed by atoms with Crippen molar-refractivity contribution in [1.82, 2.24) is 9.97 Å². The van der Waals surface area contributed by atoms with Crippen LogP contribution in [0.1, 0.15) is 26.3 Å². The van der Waals surface area contributed by atoms with Crippen LogP contribution >= 0.6 is 0 Å². The number of nitrogens with one attached hydrogen (secondary N) is 1. The van der Waals surface area contributed by atoms with Gasteiger partial charge in [0.15, 0.2) is 0 Å². The van der Waals surface area contributed by atoms with Gasteiger partial charge in [-0.3, -0.25) is 0 Å². The van der Waals surface area contributed by atoms with Gasteiger partial charge in [-0.15, -0.1) is 0 Å². The molecule has 1 aromatic carbocycles. The predicted molar refractivity (Wildman–Crippen MR) is 82.1 cm³/mol. The SMILES string of the molecule is CCNc1ncc(C)c(-c2ccc(OC(C)C)cc2)n1. The Morgan fingerprint density at radius 1 is 1.20 bits per heavy atom. The minimum atomic E-state index is 0.182. The molecule has 0 saturated heterocycles. The molecule has 0 aliphatic carbocycles. The zero-order chi connectivity index (χ0) is 14.5. The third-order valence-electron chi connectivity index (χ3n) is 2.81. The van der Waals surface area contributed by atoms with Crippen molar-refractivity contribution in [2.24, 2.45) is 0 Å². The number of nitrogens with zero attached hydrogens (tertiary/aromatic N) is 2. The highest BCUT2D eigenvalue weighted by atomic mass is 16.5. The number of ether oxygens (including phenoxy) is 1. The van der Waals surface area contributed by atoms with Gasteiger partial charge >= 0.3 is 0 Å². The molecule has 1 heterocycles. The number of aromatic nitrogens is 2. The second-order valence-electron chi connectivity index (χ2n) is 4.95. The van der Waals surface area contributed by atoms with Crippen LogP contribution in [0, 0.1) is 6.92 Å². The number of hydrogen-bond donors (Lipinski definition) is 1. The van der Waals surface area contributed by atoms with Crippen molar-refractivity contribution in [1.29, 1.82) is 0 Å². The minimum absolute atomic E-state index is 0.182. The quantitative estimate of drug-likeness (QED) is 0.901. The fourth-order valence-corrected chi connectivity index (χ4v) is 1.94. The van der Waals surface area contributed by atoms with Crippen LogP contribution in [0.3, 0.4) is 0 Å². The molecule has 0 fully saturated rings. The van der Waals surface area contributed by atoms with Gasteiger partial charge in [0.25, 0.3) is 0 Å². The molecule has 2 aromatic rings. The second-order valence-corrected chi connectivity index (χ2v) is 4.95. The zero-order valence-corrected chi connectivity index (χ0v) is 12.5. The summed E-state index contributed by atoms with van der Waals surface area (Å²) in [6, 6.07) is 8.01. The van der Waals surface area contributed by atoms with Crippen LogP contribution in [0.2, 0.25) is 0 Å². The third-order valence-corrected chi connectivity index (χ3v) is 2.81. The van der Waals surface area contributed by atoms with Gasteiger partial charge in [-0.05, 0) is 57.5 Å². The molecule has 0 spiro atoms. The van der Waals surface area contributed by atoms with Gasteiger partial charge in [0.1, 0.15) is 5.75 Å². The summed E-state index contributed by atoms with van der Waals surface area (Å²) >= 11 is 0. The molecule has 4 nitrogen and oxygen atoms in total. The highest BCUT2D eigenvalue weighted by Gasteiger charge is 2.07. The van der Waals surface area contributed by atoms with Crippen molar-refractivity contribution in [2.75, 3.05) is 11.9 Å². The summed E-state index contributed by atoms with van der Waals surface area (Å²) < 4.78 is 5.65. The Hall–Kier alpha value is -2.10. The molecule has 4 heteroatoms. The molecule has 1 aromatic heterocycles. The van der Waals surface area contributed by atoms with Crippen LogP contribution < -0.4 is 10.1 Å². The predicted octanol–water partition coefficient (Wildman–Crippen LogP) is 3.67. The summed E-state index contributed by atoms with van der Waals surface area (Å²) in [7, 11) is 0. The van der Waals surface area contributed by atoms with Gasteiger partial charge in [-0.1, -0.05) is 0 Å². The Morgan fingerprint density at radius 2 is 1.90 bits per heavy atom. The molecule has 2 rings (SSSR count). The first-order valence-electron chi connectivity index (χ1n) is 6.94. The Morgan fingerprint density at radius 3 is 2.50 bits per heavy atom. The molecule has 0 aliphatic rings. The van der Waals surface area contributed by atoms with E-state index in [0.717, 1.165) is 29.1 Å². The maximum atomic E-state index is 5.65. The summed E-state index contributed by atoms with van der Waals surface area (Å²) in [6.45, 7) is 8.89. The van der Waals surface area contributed by atoms with Crippen LogP contribution in [0.15, 0.2) is 30.5 Å². The van der Waals surface area contributed by atoms with E-state index in [4.69, 9.17) is 4.74 Å². The topological polar surface area (TPSA) is 47.0 Å². The van der Waals surface area contributed by atoms with Crippen molar-refractivity contribution in [2.45, 2.75) is 33.8 Å². The van der Waals surface area contributed by atoms with E-state index >= 15 is 0 Å². The lowest BCUT2D eigenvalue weighted by Gasteiger charge is -2.11. The Labute approximate surface area is 120 Å². The molecule has 106 valence electrons. The normalized spacial score (nSPS) is 10.7.